The molecule has 10 aromatic rings. The summed E-state index contributed by atoms with van der Waals surface area (Å²) >= 11 is 0. The van der Waals surface area contributed by atoms with E-state index < -0.39 is 87.2 Å². The molecule has 548 valence electrons. The summed E-state index contributed by atoms with van der Waals surface area (Å²) in [5, 5.41) is 2.71. The second-order valence-electron chi connectivity index (χ2n) is 24.1. The van der Waals surface area contributed by atoms with Crippen molar-refractivity contribution in [2.24, 2.45) is 0 Å². The van der Waals surface area contributed by atoms with Crippen molar-refractivity contribution in [3.8, 4) is 0 Å². The maximum atomic E-state index is 16.6. The smallest absolute Gasteiger partial charge is 0.445 e. The second kappa shape index (κ2) is 40.5. The first-order valence-corrected chi connectivity index (χ1v) is 40.0. The van der Waals surface area contributed by atoms with Gasteiger partial charge in [-0.1, -0.05) is 303 Å². The Morgan fingerprint density at radius 2 is 0.438 bits per heavy atom. The molecule has 1 amide bonds. The average Bonchev–Trinajstić information content (AvgIpc) is 0.741. The van der Waals surface area contributed by atoms with Gasteiger partial charge in [0.15, 0.2) is 0 Å². The van der Waals surface area contributed by atoms with Crippen LogP contribution >= 0.6 is 31.3 Å². The van der Waals surface area contributed by atoms with Crippen LogP contribution in [0.15, 0.2) is 303 Å². The molecule has 0 radical (unpaired) electrons. The summed E-state index contributed by atoms with van der Waals surface area (Å²) in [4.78, 5) is 13.1. The second-order valence-corrected chi connectivity index (χ2v) is 30.6. The summed E-state index contributed by atoms with van der Waals surface area (Å²) in [7, 11) is -20.8. The Kier molecular flexibility index (Phi) is 30.1. The van der Waals surface area contributed by atoms with Gasteiger partial charge in [-0.05, 0) is 62.1 Å². The first-order chi connectivity index (χ1) is 51.3. The molecule has 7 atom stereocenters. The van der Waals surface area contributed by atoms with Crippen LogP contribution < -0.4 is 5.32 Å². The molecule has 0 aliphatic heterocycles. The van der Waals surface area contributed by atoms with Crippen molar-refractivity contribution in [1.82, 2.24) is 5.32 Å². The van der Waals surface area contributed by atoms with Crippen molar-refractivity contribution < 1.29 is 91.6 Å². The summed E-state index contributed by atoms with van der Waals surface area (Å²) < 4.78 is 166. The maximum Gasteiger partial charge on any atom is 0.475 e. The monoisotopic (exact) mass is 1500 g/mol. The summed E-state index contributed by atoms with van der Waals surface area (Å²) in [5.41, 5.74) is 5.74. The molecule has 11 rings (SSSR count). The first kappa shape index (κ1) is 77.9. The van der Waals surface area contributed by atoms with Crippen molar-refractivity contribution in [2.75, 3.05) is 13.2 Å². The molecule has 0 heterocycles. The van der Waals surface area contributed by atoms with E-state index >= 15 is 18.3 Å². The molecule has 10 aromatic carbocycles. The number of carbonyl (C=O) groups is 1. The zero-order valence-corrected chi connectivity index (χ0v) is 61.1. The Hall–Kier alpha value is -8.17. The molecular weight excluding hydrogens is 1420 g/mol. The van der Waals surface area contributed by atoms with Crippen molar-refractivity contribution in [2.45, 2.75) is 109 Å². The lowest BCUT2D eigenvalue weighted by atomic mass is 9.84. The fourth-order valence-electron chi connectivity index (χ4n) is 10.8. The van der Waals surface area contributed by atoms with Gasteiger partial charge < -0.3 is 19.5 Å². The van der Waals surface area contributed by atoms with Gasteiger partial charge in [-0.15, -0.1) is 0 Å². The standard InChI is InChI=1S/C80H83NO20P4/c82-80(89-56-66-36-15-3-16-37-66)81-52-31-53-90-102(83,91-57-67-38-17-4-18-39-67)98-76-74(87-54-64-32-11-1-12-33-64)78(100-104(85,94-60-70-44-23-7-24-45-70)95-61-71-46-25-8-26-47-71)79(101-105(86,96-62-72-48-27-9-28-49-72)97-63-73-50-29-10-30-51-73)75(88-55-65-34-13-2-14-35-65)77(76)99-103(84,92-58-68-40-19-5-20-41-68)93-59-69-42-21-6-22-43-69/h1-30,32-51,74-79H,31,52-63H2,(H,81,82)/t74-,75-,76+,77-,78+,79+,102?/m0/s1. The molecule has 1 unspecified atom stereocenters. The molecule has 25 heteroatoms. The predicted molar refractivity (Wildman–Crippen MR) is 394 cm³/mol. The van der Waals surface area contributed by atoms with Gasteiger partial charge in [-0.2, -0.15) is 0 Å². The van der Waals surface area contributed by atoms with Gasteiger partial charge in [0.1, 0.15) is 43.2 Å². The number of benzene rings is 10. The van der Waals surface area contributed by atoms with Gasteiger partial charge in [0.25, 0.3) is 0 Å². The number of hydrogen-bond donors (Lipinski definition) is 1. The van der Waals surface area contributed by atoms with Crippen LogP contribution in [0.25, 0.3) is 0 Å². The van der Waals surface area contributed by atoms with E-state index in [9.17, 15) is 4.79 Å². The highest BCUT2D eigenvalue weighted by molar-refractivity contribution is 7.49. The molecule has 1 N–H and O–H groups in total. The third-order valence-corrected chi connectivity index (χ3v) is 21.8. The summed E-state index contributed by atoms with van der Waals surface area (Å²) in [6, 6.07) is 88.9. The van der Waals surface area contributed by atoms with Crippen LogP contribution in [-0.4, -0.2) is 55.9 Å². The largest absolute Gasteiger partial charge is 0.475 e. The van der Waals surface area contributed by atoms with E-state index in [1.807, 2.05) is 60.7 Å². The minimum Gasteiger partial charge on any atom is -0.445 e. The fraction of sp³-hybridized carbons (Fsp3) is 0.237. The van der Waals surface area contributed by atoms with E-state index in [4.69, 9.17) is 68.5 Å². The van der Waals surface area contributed by atoms with E-state index in [1.165, 1.54) is 0 Å². The SMILES string of the molecule is O=C(NCCCOP(=O)(OCc1ccccc1)O[C@@H]1[C@H](OCc2ccccc2)[C@@H](OP(=O)(OCc2ccccc2)OCc2ccccc2)[C@H](OP(=O)(OCc2ccccc2)OCc2ccccc2)[C@@H](OCc2ccccc2)[C@@H]1OP(=O)(OCc1ccccc1)OCc1ccccc1)OCc1ccccc1. The topological polar surface area (TPSA) is 236 Å². The van der Waals surface area contributed by atoms with Crippen LogP contribution in [0.4, 0.5) is 4.79 Å². The zero-order chi connectivity index (χ0) is 72.7. The van der Waals surface area contributed by atoms with Crippen LogP contribution in [0.2, 0.25) is 0 Å². The Balaban J connectivity index is 1.11. The maximum absolute atomic E-state index is 16.6. The molecule has 0 bridgehead atoms. The summed E-state index contributed by atoms with van der Waals surface area (Å²) in [6.07, 6.45) is -12.9. The molecule has 1 saturated carbocycles. The fourth-order valence-corrected chi connectivity index (χ4v) is 16.3. The van der Waals surface area contributed by atoms with Crippen molar-refractivity contribution in [1.29, 1.82) is 0 Å². The van der Waals surface area contributed by atoms with Crippen LogP contribution in [0.5, 0.6) is 0 Å². The number of amides is 1. The van der Waals surface area contributed by atoms with Crippen LogP contribution in [0.1, 0.15) is 62.1 Å². The van der Waals surface area contributed by atoms with Gasteiger partial charge >= 0.3 is 37.4 Å². The molecular formula is C80H83NO20P4. The number of ether oxygens (including phenoxy) is 3. The number of phosphoric acid groups is 4. The Labute approximate surface area is 612 Å². The third-order valence-electron chi connectivity index (χ3n) is 16.2. The zero-order valence-electron chi connectivity index (χ0n) is 57.5. The molecule has 0 saturated heterocycles. The number of phosphoric ester groups is 4. The minimum atomic E-state index is -5.23. The number of alkyl carbamates (subject to hydrolysis) is 1. The number of hydrogen-bond acceptors (Lipinski definition) is 20. The molecule has 1 aliphatic rings. The van der Waals surface area contributed by atoms with Crippen molar-refractivity contribution >= 4 is 37.4 Å². The van der Waals surface area contributed by atoms with Gasteiger partial charge in [-0.3, -0.25) is 54.3 Å². The van der Waals surface area contributed by atoms with E-state index in [-0.39, 0.29) is 72.4 Å². The van der Waals surface area contributed by atoms with E-state index in [1.54, 1.807) is 243 Å². The number of nitrogens with one attached hydrogen (secondary N) is 1. The average molecular weight is 1500 g/mol. The lowest BCUT2D eigenvalue weighted by molar-refractivity contribution is -0.240. The lowest BCUT2D eigenvalue weighted by Gasteiger charge is -2.50. The molecule has 21 nitrogen and oxygen atoms in total. The first-order valence-electron chi connectivity index (χ1n) is 34.2. The van der Waals surface area contributed by atoms with Gasteiger partial charge in [0.2, 0.25) is 0 Å². The number of carbonyl (C=O) groups excluding carboxylic acids is 1. The quantitative estimate of drug-likeness (QED) is 0.0276. The van der Waals surface area contributed by atoms with Gasteiger partial charge in [0.05, 0.1) is 66.1 Å². The van der Waals surface area contributed by atoms with E-state index in [0.29, 0.717) is 50.1 Å². The minimum absolute atomic E-state index is 0.00139. The predicted octanol–water partition coefficient (Wildman–Crippen LogP) is 19.0. The highest BCUT2D eigenvalue weighted by atomic mass is 31.2. The molecule has 0 spiro atoms. The van der Waals surface area contributed by atoms with Crippen molar-refractivity contribution in [3.05, 3.63) is 359 Å². The van der Waals surface area contributed by atoms with Gasteiger partial charge in [-0.25, -0.2) is 23.1 Å². The summed E-state index contributed by atoms with van der Waals surface area (Å²) in [6.45, 7) is -3.73. The Morgan fingerprint density at radius 1 is 0.248 bits per heavy atom. The van der Waals surface area contributed by atoms with Gasteiger partial charge in [0, 0.05) is 6.54 Å². The van der Waals surface area contributed by atoms with E-state index in [0.717, 1.165) is 5.56 Å². The highest BCUT2D eigenvalue weighted by Crippen LogP contribution is 2.63. The van der Waals surface area contributed by atoms with E-state index in [2.05, 4.69) is 5.32 Å². The Bertz CT molecular complexity index is 4210. The number of rotatable bonds is 42. The third kappa shape index (κ3) is 25.5. The summed E-state index contributed by atoms with van der Waals surface area (Å²) in [5.74, 6) is 0. The molecule has 1 fully saturated rings. The van der Waals surface area contributed by atoms with Crippen LogP contribution in [0.3, 0.4) is 0 Å². The van der Waals surface area contributed by atoms with Crippen LogP contribution in [-0.2, 0) is 153 Å². The molecule has 105 heavy (non-hydrogen) atoms. The Morgan fingerprint density at radius 3 is 0.657 bits per heavy atom. The van der Waals surface area contributed by atoms with Crippen molar-refractivity contribution in [3.63, 3.8) is 0 Å². The highest BCUT2D eigenvalue weighted by Gasteiger charge is 2.62. The normalized spacial score (nSPS) is 17.5. The molecule has 1 aliphatic carbocycles. The van der Waals surface area contributed by atoms with Crippen LogP contribution in [0, 0.1) is 0 Å². The molecule has 0 aromatic heterocycles. The lowest BCUT2D eigenvalue weighted by Crippen LogP contribution is -2.67.